The number of carbonyl (C=O) groups is 2. The van der Waals surface area contributed by atoms with Gasteiger partial charge in [0.2, 0.25) is 0 Å². The van der Waals surface area contributed by atoms with Crippen molar-refractivity contribution in [3.05, 3.63) is 79.9 Å². The predicted molar refractivity (Wildman–Crippen MR) is 93.2 cm³/mol. The summed E-state index contributed by atoms with van der Waals surface area (Å²) < 4.78 is 4.67. The first-order valence-corrected chi connectivity index (χ1v) is 7.69. The summed E-state index contributed by atoms with van der Waals surface area (Å²) in [6, 6.07) is 10.4. The predicted octanol–water partition coefficient (Wildman–Crippen LogP) is 2.02. The number of benzene rings is 2. The van der Waals surface area contributed by atoms with Crippen molar-refractivity contribution >= 4 is 23.3 Å². The molecule has 0 fully saturated rings. The van der Waals surface area contributed by atoms with E-state index in [2.05, 4.69) is 10.1 Å². The molecular weight excluding hydrogens is 358 g/mol. The molecule has 1 unspecified atom stereocenters. The molecule has 1 N–H and O–H groups in total. The monoisotopic (exact) mass is 373 g/mol. The first-order valence-electron chi connectivity index (χ1n) is 7.69. The zero-order valence-corrected chi connectivity index (χ0v) is 14.2. The normalized spacial score (nSPS) is 11.3. The van der Waals surface area contributed by atoms with Crippen LogP contribution in [0.25, 0.3) is 0 Å². The molecule has 10 nitrogen and oxygen atoms in total. The molecule has 1 amide bonds. The molecule has 0 aliphatic heterocycles. The second kappa shape index (κ2) is 8.52. The van der Waals surface area contributed by atoms with Crippen molar-refractivity contribution in [1.82, 2.24) is 5.32 Å². The van der Waals surface area contributed by atoms with Gasteiger partial charge in [0, 0.05) is 12.5 Å². The molecule has 0 saturated heterocycles. The van der Waals surface area contributed by atoms with Gasteiger partial charge in [-0.25, -0.2) is 4.79 Å². The van der Waals surface area contributed by atoms with Gasteiger partial charge in [0.15, 0.2) is 0 Å². The number of esters is 1. The average molecular weight is 373 g/mol. The van der Waals surface area contributed by atoms with E-state index >= 15 is 0 Å². The number of amides is 1. The minimum atomic E-state index is -1.08. The van der Waals surface area contributed by atoms with E-state index in [1.54, 1.807) is 30.3 Å². The summed E-state index contributed by atoms with van der Waals surface area (Å²) in [5, 5.41) is 24.4. The Morgan fingerprint density at radius 2 is 1.74 bits per heavy atom. The van der Waals surface area contributed by atoms with Gasteiger partial charge in [0.25, 0.3) is 17.3 Å². The van der Waals surface area contributed by atoms with Gasteiger partial charge in [0.1, 0.15) is 11.6 Å². The second-order valence-corrected chi connectivity index (χ2v) is 5.45. The zero-order valence-electron chi connectivity index (χ0n) is 14.2. The Kier molecular flexibility index (Phi) is 6.15. The van der Waals surface area contributed by atoms with E-state index in [-0.39, 0.29) is 6.42 Å². The summed E-state index contributed by atoms with van der Waals surface area (Å²) in [5.41, 5.74) is -0.906. The quantitative estimate of drug-likeness (QED) is 0.444. The third-order valence-corrected chi connectivity index (χ3v) is 3.71. The molecule has 0 bridgehead atoms. The van der Waals surface area contributed by atoms with E-state index in [1.807, 2.05) is 0 Å². The molecule has 0 saturated carbocycles. The summed E-state index contributed by atoms with van der Waals surface area (Å²) >= 11 is 0. The van der Waals surface area contributed by atoms with Crippen molar-refractivity contribution in [3.63, 3.8) is 0 Å². The van der Waals surface area contributed by atoms with Gasteiger partial charge >= 0.3 is 5.97 Å². The van der Waals surface area contributed by atoms with Crippen LogP contribution in [0.1, 0.15) is 15.9 Å². The number of non-ortho nitro benzene ring substituents is 1. The Hall–Kier alpha value is -3.82. The van der Waals surface area contributed by atoms with E-state index in [9.17, 15) is 29.8 Å². The van der Waals surface area contributed by atoms with Crippen molar-refractivity contribution in [2.24, 2.45) is 0 Å². The Bertz CT molecular complexity index is 883. The first-order chi connectivity index (χ1) is 12.8. The molecule has 0 radical (unpaired) electrons. The summed E-state index contributed by atoms with van der Waals surface area (Å²) in [6.07, 6.45) is 0.111. The number of nitro groups is 2. The van der Waals surface area contributed by atoms with E-state index in [4.69, 9.17) is 0 Å². The van der Waals surface area contributed by atoms with Crippen LogP contribution in [-0.4, -0.2) is 34.9 Å². The highest BCUT2D eigenvalue weighted by atomic mass is 16.6. The molecule has 0 aliphatic carbocycles. The van der Waals surface area contributed by atoms with Gasteiger partial charge in [0.05, 0.1) is 23.0 Å². The molecule has 140 valence electrons. The van der Waals surface area contributed by atoms with Crippen molar-refractivity contribution in [3.8, 4) is 0 Å². The standard InChI is InChI=1S/C17H15N3O7/c1-27-17(22)14(9-11-5-3-2-4-6-11)18-16(21)13-8-7-12(19(23)24)10-15(13)20(25)26/h2-8,10,14H,9H2,1H3,(H,18,21). The maximum atomic E-state index is 12.5. The number of methoxy groups -OCH3 is 1. The van der Waals surface area contributed by atoms with Gasteiger partial charge in [-0.15, -0.1) is 0 Å². The van der Waals surface area contributed by atoms with Gasteiger partial charge in [-0.1, -0.05) is 30.3 Å². The highest BCUT2D eigenvalue weighted by Crippen LogP contribution is 2.24. The van der Waals surface area contributed by atoms with Gasteiger partial charge in [-0.3, -0.25) is 25.0 Å². The van der Waals surface area contributed by atoms with E-state index in [0.717, 1.165) is 24.8 Å². The number of rotatable bonds is 7. The lowest BCUT2D eigenvalue weighted by Gasteiger charge is -2.16. The topological polar surface area (TPSA) is 142 Å². The summed E-state index contributed by atoms with van der Waals surface area (Å²) in [4.78, 5) is 44.7. The molecule has 2 aromatic carbocycles. The fraction of sp³-hybridized carbons (Fsp3) is 0.176. The summed E-state index contributed by atoms with van der Waals surface area (Å²) in [7, 11) is 1.15. The lowest BCUT2D eigenvalue weighted by Crippen LogP contribution is -2.43. The molecule has 27 heavy (non-hydrogen) atoms. The SMILES string of the molecule is COC(=O)C(Cc1ccccc1)NC(=O)c1ccc([N+](=O)[O-])cc1[N+](=O)[O-]. The van der Waals surface area contributed by atoms with E-state index in [0.29, 0.717) is 6.07 Å². The maximum absolute atomic E-state index is 12.5. The molecule has 0 heterocycles. The van der Waals surface area contributed by atoms with E-state index < -0.39 is 44.7 Å². The zero-order chi connectivity index (χ0) is 20.0. The number of ether oxygens (including phenoxy) is 1. The largest absolute Gasteiger partial charge is 0.467 e. The lowest BCUT2D eigenvalue weighted by molar-refractivity contribution is -0.394. The Labute approximate surface area is 153 Å². The molecular formula is C17H15N3O7. The van der Waals surface area contributed by atoms with Crippen LogP contribution in [0.5, 0.6) is 0 Å². The van der Waals surface area contributed by atoms with Crippen LogP contribution >= 0.6 is 0 Å². The van der Waals surface area contributed by atoms with Gasteiger partial charge in [-0.05, 0) is 11.6 Å². The fourth-order valence-electron chi connectivity index (χ4n) is 2.40. The van der Waals surface area contributed by atoms with Crippen LogP contribution in [0.15, 0.2) is 48.5 Å². The molecule has 0 aromatic heterocycles. The van der Waals surface area contributed by atoms with Gasteiger partial charge < -0.3 is 10.1 Å². The minimum Gasteiger partial charge on any atom is -0.467 e. The summed E-state index contributed by atoms with van der Waals surface area (Å²) in [6.45, 7) is 0. The number of nitro benzene ring substituents is 2. The van der Waals surface area contributed by atoms with Crippen LogP contribution < -0.4 is 5.32 Å². The molecule has 0 spiro atoms. The number of hydrogen-bond donors (Lipinski definition) is 1. The van der Waals surface area contributed by atoms with Crippen molar-refractivity contribution in [1.29, 1.82) is 0 Å². The van der Waals surface area contributed by atoms with Crippen LogP contribution in [0.4, 0.5) is 11.4 Å². The Balaban J connectivity index is 2.30. The molecule has 2 rings (SSSR count). The molecule has 1 atom stereocenters. The van der Waals surface area contributed by atoms with Crippen molar-refractivity contribution < 1.29 is 24.2 Å². The molecule has 2 aromatic rings. The number of carbonyl (C=O) groups excluding carboxylic acids is 2. The molecule has 10 heteroatoms. The smallest absolute Gasteiger partial charge is 0.328 e. The Morgan fingerprint density at radius 3 is 2.30 bits per heavy atom. The molecule has 0 aliphatic rings. The minimum absolute atomic E-state index is 0.111. The lowest BCUT2D eigenvalue weighted by atomic mass is 10.0. The van der Waals surface area contributed by atoms with Crippen LogP contribution in [0.3, 0.4) is 0 Å². The van der Waals surface area contributed by atoms with Crippen molar-refractivity contribution in [2.75, 3.05) is 7.11 Å². The van der Waals surface area contributed by atoms with Crippen LogP contribution in [0.2, 0.25) is 0 Å². The van der Waals surface area contributed by atoms with Crippen LogP contribution in [0, 0.1) is 20.2 Å². The second-order valence-electron chi connectivity index (χ2n) is 5.45. The number of nitrogens with zero attached hydrogens (tertiary/aromatic N) is 2. The third kappa shape index (κ3) is 4.84. The highest BCUT2D eigenvalue weighted by Gasteiger charge is 2.28. The maximum Gasteiger partial charge on any atom is 0.328 e. The van der Waals surface area contributed by atoms with Crippen LogP contribution in [-0.2, 0) is 16.0 Å². The van der Waals surface area contributed by atoms with Crippen molar-refractivity contribution in [2.45, 2.75) is 12.5 Å². The average Bonchev–Trinajstić information content (AvgIpc) is 2.66. The number of nitrogens with one attached hydrogen (secondary N) is 1. The third-order valence-electron chi connectivity index (χ3n) is 3.71. The van der Waals surface area contributed by atoms with E-state index in [1.165, 1.54) is 0 Å². The highest BCUT2D eigenvalue weighted by molar-refractivity contribution is 6.00. The fourth-order valence-corrected chi connectivity index (χ4v) is 2.40. The Morgan fingerprint density at radius 1 is 1.07 bits per heavy atom. The summed E-state index contributed by atoms with van der Waals surface area (Å²) in [5.74, 6) is -1.64. The van der Waals surface area contributed by atoms with Gasteiger partial charge in [-0.2, -0.15) is 0 Å². The first kappa shape index (κ1) is 19.5. The number of hydrogen-bond acceptors (Lipinski definition) is 7.